The maximum absolute atomic E-state index is 12.7. The van der Waals surface area contributed by atoms with Crippen molar-refractivity contribution in [3.05, 3.63) is 70.1 Å². The van der Waals surface area contributed by atoms with Gasteiger partial charge in [-0.25, -0.2) is 4.79 Å². The van der Waals surface area contributed by atoms with Gasteiger partial charge >= 0.3 is 5.97 Å². The van der Waals surface area contributed by atoms with Crippen molar-refractivity contribution in [2.75, 3.05) is 6.61 Å². The zero-order valence-corrected chi connectivity index (χ0v) is 14.0. The fourth-order valence-electron chi connectivity index (χ4n) is 2.92. The number of hydrogen-bond donors (Lipinski definition) is 0. The number of benzene rings is 2. The number of hydrogen-bond acceptors (Lipinski definition) is 3. The van der Waals surface area contributed by atoms with Gasteiger partial charge in [0.25, 0.3) is 5.56 Å². The molecular formula is C20H19NO3. The highest BCUT2D eigenvalue weighted by atomic mass is 16.5. The zero-order valence-electron chi connectivity index (χ0n) is 14.0. The second-order valence-corrected chi connectivity index (χ2v) is 5.72. The molecule has 0 radical (unpaired) electrons. The lowest BCUT2D eigenvalue weighted by molar-refractivity contribution is 0.0515. The first-order valence-corrected chi connectivity index (χ1v) is 7.90. The van der Waals surface area contributed by atoms with E-state index >= 15 is 0 Å². The van der Waals surface area contributed by atoms with E-state index in [0.717, 1.165) is 22.1 Å². The van der Waals surface area contributed by atoms with Gasteiger partial charge in [0.1, 0.15) is 5.69 Å². The van der Waals surface area contributed by atoms with Crippen LogP contribution in [0.5, 0.6) is 0 Å². The van der Waals surface area contributed by atoms with Gasteiger partial charge in [0.2, 0.25) is 0 Å². The molecule has 0 saturated heterocycles. The Kier molecular flexibility index (Phi) is 4.21. The highest BCUT2D eigenvalue weighted by Gasteiger charge is 2.22. The Morgan fingerprint density at radius 1 is 1.04 bits per heavy atom. The summed E-state index contributed by atoms with van der Waals surface area (Å²) in [4.78, 5) is 25.2. The monoisotopic (exact) mass is 321 g/mol. The van der Waals surface area contributed by atoms with Gasteiger partial charge in [-0.3, -0.25) is 4.79 Å². The molecule has 0 fully saturated rings. The number of aryl methyl sites for hydroxylation is 1. The van der Waals surface area contributed by atoms with Gasteiger partial charge in [0, 0.05) is 18.0 Å². The van der Waals surface area contributed by atoms with Gasteiger partial charge < -0.3 is 9.30 Å². The Labute approximate surface area is 140 Å². The molecule has 0 N–H and O–H groups in total. The van der Waals surface area contributed by atoms with Crippen LogP contribution in [0.25, 0.3) is 21.9 Å². The summed E-state index contributed by atoms with van der Waals surface area (Å²) < 4.78 is 6.58. The Morgan fingerprint density at radius 2 is 1.67 bits per heavy atom. The highest BCUT2D eigenvalue weighted by Crippen LogP contribution is 2.31. The van der Waals surface area contributed by atoms with Crippen molar-refractivity contribution in [1.29, 1.82) is 0 Å². The van der Waals surface area contributed by atoms with Crippen LogP contribution in [0.4, 0.5) is 0 Å². The molecule has 1 heterocycles. The molecule has 0 unspecified atom stereocenters. The van der Waals surface area contributed by atoms with E-state index in [9.17, 15) is 9.59 Å². The molecule has 0 amide bonds. The third-order valence-corrected chi connectivity index (χ3v) is 4.11. The topological polar surface area (TPSA) is 48.3 Å². The highest BCUT2D eigenvalue weighted by molar-refractivity contribution is 6.06. The minimum absolute atomic E-state index is 0.204. The molecule has 0 aliphatic carbocycles. The number of fused-ring (bicyclic) bond motifs is 1. The number of ether oxygens (including phenoxy) is 1. The molecule has 4 nitrogen and oxygen atoms in total. The lowest BCUT2D eigenvalue weighted by Crippen LogP contribution is -2.26. The van der Waals surface area contributed by atoms with Crippen molar-refractivity contribution in [1.82, 2.24) is 4.57 Å². The van der Waals surface area contributed by atoms with Crippen molar-refractivity contribution < 1.29 is 9.53 Å². The van der Waals surface area contributed by atoms with E-state index in [4.69, 9.17) is 4.74 Å². The summed E-state index contributed by atoms with van der Waals surface area (Å²) in [5, 5.41) is 1.34. The average Bonchev–Trinajstić information content (AvgIpc) is 2.59. The average molecular weight is 321 g/mol. The van der Waals surface area contributed by atoms with Crippen LogP contribution >= 0.6 is 0 Å². The van der Waals surface area contributed by atoms with Gasteiger partial charge in [-0.05, 0) is 30.9 Å². The number of carbonyl (C=O) groups is 1. The van der Waals surface area contributed by atoms with Gasteiger partial charge in [0.15, 0.2) is 0 Å². The SMILES string of the molecule is CCOC(=O)c1c(-c2ccc(C)cc2)c2ccccc2c(=O)n1C. The number of aromatic nitrogens is 1. The largest absolute Gasteiger partial charge is 0.461 e. The summed E-state index contributed by atoms with van der Waals surface area (Å²) in [6, 6.07) is 15.3. The van der Waals surface area contributed by atoms with E-state index in [-0.39, 0.29) is 17.9 Å². The quantitative estimate of drug-likeness (QED) is 0.691. The molecule has 0 bridgehead atoms. The van der Waals surface area contributed by atoms with Crippen LogP contribution in [0.2, 0.25) is 0 Å². The second-order valence-electron chi connectivity index (χ2n) is 5.72. The molecule has 0 aliphatic rings. The van der Waals surface area contributed by atoms with Crippen LogP contribution < -0.4 is 5.56 Å². The molecule has 3 rings (SSSR count). The smallest absolute Gasteiger partial charge is 0.355 e. The summed E-state index contributed by atoms with van der Waals surface area (Å²) in [5.74, 6) is -0.488. The van der Waals surface area contributed by atoms with Crippen LogP contribution in [-0.4, -0.2) is 17.1 Å². The van der Waals surface area contributed by atoms with E-state index in [1.54, 1.807) is 20.0 Å². The Balaban J connectivity index is 2.45. The molecule has 0 saturated carbocycles. The number of nitrogens with zero attached hydrogens (tertiary/aromatic N) is 1. The molecular weight excluding hydrogens is 302 g/mol. The maximum atomic E-state index is 12.7. The van der Waals surface area contributed by atoms with E-state index in [2.05, 4.69) is 0 Å². The van der Waals surface area contributed by atoms with Crippen molar-refractivity contribution in [3.63, 3.8) is 0 Å². The van der Waals surface area contributed by atoms with Crippen LogP contribution in [-0.2, 0) is 11.8 Å². The van der Waals surface area contributed by atoms with Crippen LogP contribution in [0.3, 0.4) is 0 Å². The summed E-state index contributed by atoms with van der Waals surface area (Å²) >= 11 is 0. The van der Waals surface area contributed by atoms with Crippen LogP contribution in [0.15, 0.2) is 53.3 Å². The van der Waals surface area contributed by atoms with Crippen molar-refractivity contribution in [2.45, 2.75) is 13.8 Å². The third-order valence-electron chi connectivity index (χ3n) is 4.11. The normalized spacial score (nSPS) is 10.8. The fourth-order valence-corrected chi connectivity index (χ4v) is 2.92. The summed E-state index contributed by atoms with van der Waals surface area (Å²) in [6.45, 7) is 4.02. The molecule has 0 atom stereocenters. The molecule has 0 spiro atoms. The van der Waals surface area contributed by atoms with E-state index in [0.29, 0.717) is 5.39 Å². The predicted octanol–water partition coefficient (Wildman–Crippen LogP) is 3.69. The number of pyridine rings is 1. The van der Waals surface area contributed by atoms with E-state index in [1.807, 2.05) is 49.4 Å². The van der Waals surface area contributed by atoms with Crippen molar-refractivity contribution >= 4 is 16.7 Å². The predicted molar refractivity (Wildman–Crippen MR) is 95.3 cm³/mol. The maximum Gasteiger partial charge on any atom is 0.355 e. The Morgan fingerprint density at radius 3 is 2.29 bits per heavy atom. The van der Waals surface area contributed by atoms with Crippen LogP contribution in [0.1, 0.15) is 23.0 Å². The minimum Gasteiger partial charge on any atom is -0.461 e. The molecule has 3 aromatic rings. The Bertz CT molecular complexity index is 969. The van der Waals surface area contributed by atoms with E-state index < -0.39 is 5.97 Å². The fraction of sp³-hybridized carbons (Fsp3) is 0.200. The van der Waals surface area contributed by atoms with Crippen LogP contribution in [0, 0.1) is 6.92 Å². The second kappa shape index (κ2) is 6.32. The van der Waals surface area contributed by atoms with Gasteiger partial charge in [-0.15, -0.1) is 0 Å². The lowest BCUT2D eigenvalue weighted by atomic mass is 9.96. The number of esters is 1. The third kappa shape index (κ3) is 2.60. The summed E-state index contributed by atoms with van der Waals surface area (Å²) in [7, 11) is 1.61. The molecule has 1 aromatic heterocycles. The summed E-state index contributed by atoms with van der Waals surface area (Å²) in [6.07, 6.45) is 0. The van der Waals surface area contributed by atoms with Crippen molar-refractivity contribution in [2.24, 2.45) is 7.05 Å². The van der Waals surface area contributed by atoms with Gasteiger partial charge in [-0.2, -0.15) is 0 Å². The van der Waals surface area contributed by atoms with Crippen molar-refractivity contribution in [3.8, 4) is 11.1 Å². The zero-order chi connectivity index (χ0) is 17.3. The standard InChI is InChI=1S/C20H19NO3/c1-4-24-20(23)18-17(14-11-9-13(2)10-12-14)15-7-5-6-8-16(15)19(22)21(18)3/h5-12H,4H2,1-3H3. The molecule has 2 aromatic carbocycles. The van der Waals surface area contributed by atoms with Gasteiger partial charge in [0.05, 0.1) is 6.61 Å². The van der Waals surface area contributed by atoms with E-state index in [1.165, 1.54) is 4.57 Å². The Hall–Kier alpha value is -2.88. The summed E-state index contributed by atoms with van der Waals surface area (Å²) in [5.41, 5.74) is 2.82. The molecule has 122 valence electrons. The minimum atomic E-state index is -0.488. The van der Waals surface area contributed by atoms with Gasteiger partial charge in [-0.1, -0.05) is 48.0 Å². The first-order valence-electron chi connectivity index (χ1n) is 7.90. The lowest BCUT2D eigenvalue weighted by Gasteiger charge is -2.16. The molecule has 0 aliphatic heterocycles. The first-order chi connectivity index (χ1) is 11.5. The molecule has 24 heavy (non-hydrogen) atoms. The number of carbonyl (C=O) groups excluding carboxylic acids is 1. The number of rotatable bonds is 3. The first kappa shape index (κ1) is 16.0. The molecule has 4 heteroatoms.